The summed E-state index contributed by atoms with van der Waals surface area (Å²) in [5.74, 6) is 2.61. The van der Waals surface area contributed by atoms with Crippen molar-refractivity contribution < 1.29 is 13.9 Å². The summed E-state index contributed by atoms with van der Waals surface area (Å²) in [6.45, 7) is 1.91. The zero-order valence-electron chi connectivity index (χ0n) is 12.3. The predicted molar refractivity (Wildman–Crippen MR) is 79.4 cm³/mol. The van der Waals surface area contributed by atoms with Gasteiger partial charge >= 0.3 is 0 Å². The van der Waals surface area contributed by atoms with Crippen LogP contribution in [-0.2, 0) is 6.54 Å². The van der Waals surface area contributed by atoms with Gasteiger partial charge in [0.15, 0.2) is 11.5 Å². The maximum atomic E-state index is 5.50. The summed E-state index contributed by atoms with van der Waals surface area (Å²) in [7, 11) is 4.10. The lowest BCUT2D eigenvalue weighted by Gasteiger charge is -2.22. The van der Waals surface area contributed by atoms with Crippen molar-refractivity contribution in [1.82, 2.24) is 10.2 Å². The lowest BCUT2D eigenvalue weighted by atomic mass is 10.1. The molecule has 21 heavy (non-hydrogen) atoms. The van der Waals surface area contributed by atoms with Gasteiger partial charge < -0.3 is 19.2 Å². The normalized spacial score (nSPS) is 14.6. The quantitative estimate of drug-likeness (QED) is 0.884. The second-order valence-corrected chi connectivity index (χ2v) is 5.31. The van der Waals surface area contributed by atoms with Crippen molar-refractivity contribution in [1.29, 1.82) is 0 Å². The zero-order valence-corrected chi connectivity index (χ0v) is 12.3. The molecule has 3 rings (SSSR count). The van der Waals surface area contributed by atoms with Gasteiger partial charge in [0.2, 0.25) is 6.79 Å². The van der Waals surface area contributed by atoms with Crippen LogP contribution in [0.25, 0.3) is 0 Å². The first-order valence-electron chi connectivity index (χ1n) is 7.03. The Morgan fingerprint density at radius 1 is 1.19 bits per heavy atom. The van der Waals surface area contributed by atoms with Crippen molar-refractivity contribution in [2.24, 2.45) is 0 Å². The molecule has 2 heterocycles. The summed E-state index contributed by atoms with van der Waals surface area (Å²) in [5.41, 5.74) is 1.18. The Labute approximate surface area is 124 Å². The van der Waals surface area contributed by atoms with Gasteiger partial charge in [-0.25, -0.2) is 0 Å². The molecule has 5 nitrogen and oxygen atoms in total. The van der Waals surface area contributed by atoms with E-state index in [1.165, 1.54) is 5.56 Å². The number of likely N-dealkylation sites (N-methyl/N-ethyl adjacent to an activating group) is 1. The molecule has 0 spiro atoms. The molecule has 0 saturated heterocycles. The number of fused-ring (bicyclic) bond motifs is 1. The van der Waals surface area contributed by atoms with Crippen LogP contribution in [0.4, 0.5) is 0 Å². The number of ether oxygens (including phenoxy) is 2. The molecule has 1 aliphatic heterocycles. The van der Waals surface area contributed by atoms with Crippen LogP contribution < -0.4 is 14.8 Å². The average Bonchev–Trinajstić information content (AvgIpc) is 3.13. The van der Waals surface area contributed by atoms with Gasteiger partial charge in [0.25, 0.3) is 0 Å². The topological polar surface area (TPSA) is 46.9 Å². The molecule has 1 aromatic heterocycles. The fourth-order valence-corrected chi connectivity index (χ4v) is 2.42. The maximum absolute atomic E-state index is 5.50. The van der Waals surface area contributed by atoms with E-state index in [-0.39, 0.29) is 6.04 Å². The van der Waals surface area contributed by atoms with Crippen LogP contribution in [0.5, 0.6) is 11.5 Å². The first-order valence-corrected chi connectivity index (χ1v) is 7.03. The summed E-state index contributed by atoms with van der Waals surface area (Å²) in [6, 6.07) is 10.2. The predicted octanol–water partition coefficient (Wildman–Crippen LogP) is 2.40. The van der Waals surface area contributed by atoms with E-state index in [0.29, 0.717) is 6.79 Å². The summed E-state index contributed by atoms with van der Waals surface area (Å²) in [6.07, 6.45) is 1.71. The maximum Gasteiger partial charge on any atom is 0.231 e. The number of furan rings is 1. The van der Waals surface area contributed by atoms with Gasteiger partial charge in [0.1, 0.15) is 5.76 Å². The summed E-state index contributed by atoms with van der Waals surface area (Å²) < 4.78 is 16.2. The third-order valence-electron chi connectivity index (χ3n) is 3.60. The number of hydrogen-bond acceptors (Lipinski definition) is 5. The molecule has 0 aliphatic carbocycles. The molecular formula is C16H20N2O3. The second kappa shape index (κ2) is 6.20. The monoisotopic (exact) mass is 288 g/mol. The van der Waals surface area contributed by atoms with Crippen LogP contribution in [0, 0.1) is 0 Å². The molecule has 0 saturated carbocycles. The summed E-state index contributed by atoms with van der Waals surface area (Å²) in [4.78, 5) is 2.14. The standard InChI is InChI=1S/C16H20N2O3/c1-18(2)13(14-4-3-7-19-14)10-17-9-12-5-6-15-16(8-12)21-11-20-15/h3-8,13,17H,9-11H2,1-2H3. The number of benzene rings is 1. The van der Waals surface area contributed by atoms with E-state index in [0.717, 1.165) is 30.3 Å². The van der Waals surface area contributed by atoms with Gasteiger partial charge in [-0.1, -0.05) is 6.07 Å². The van der Waals surface area contributed by atoms with E-state index < -0.39 is 0 Å². The molecule has 1 atom stereocenters. The fraction of sp³-hybridized carbons (Fsp3) is 0.375. The molecule has 5 heteroatoms. The first kappa shape index (κ1) is 14.0. The van der Waals surface area contributed by atoms with E-state index in [1.807, 2.05) is 24.3 Å². The number of rotatable bonds is 6. The minimum absolute atomic E-state index is 0.217. The van der Waals surface area contributed by atoms with Crippen molar-refractivity contribution in [3.63, 3.8) is 0 Å². The van der Waals surface area contributed by atoms with E-state index in [2.05, 4.69) is 30.4 Å². The Bertz CT molecular complexity index is 581. The molecule has 2 aromatic rings. The average molecular weight is 288 g/mol. The van der Waals surface area contributed by atoms with Crippen molar-refractivity contribution in [2.75, 3.05) is 27.4 Å². The summed E-state index contributed by atoms with van der Waals surface area (Å²) in [5, 5.41) is 3.46. The zero-order chi connectivity index (χ0) is 14.7. The highest BCUT2D eigenvalue weighted by Gasteiger charge is 2.17. The molecule has 1 N–H and O–H groups in total. The number of hydrogen-bond donors (Lipinski definition) is 1. The van der Waals surface area contributed by atoms with E-state index in [4.69, 9.17) is 13.9 Å². The van der Waals surface area contributed by atoms with E-state index in [1.54, 1.807) is 6.26 Å². The van der Waals surface area contributed by atoms with Crippen molar-refractivity contribution >= 4 is 0 Å². The molecule has 1 unspecified atom stereocenters. The Hall–Kier alpha value is -1.98. The molecule has 1 aliphatic rings. The Morgan fingerprint density at radius 3 is 2.81 bits per heavy atom. The van der Waals surface area contributed by atoms with Gasteiger partial charge in [-0.2, -0.15) is 0 Å². The molecule has 0 bridgehead atoms. The lowest BCUT2D eigenvalue weighted by Crippen LogP contribution is -2.30. The third-order valence-corrected chi connectivity index (χ3v) is 3.60. The van der Waals surface area contributed by atoms with Crippen LogP contribution in [0.15, 0.2) is 41.0 Å². The minimum atomic E-state index is 0.217. The van der Waals surface area contributed by atoms with Gasteiger partial charge in [0, 0.05) is 13.1 Å². The van der Waals surface area contributed by atoms with Crippen LogP contribution in [-0.4, -0.2) is 32.3 Å². The molecule has 1 aromatic carbocycles. The third kappa shape index (κ3) is 3.20. The highest BCUT2D eigenvalue weighted by molar-refractivity contribution is 5.44. The fourth-order valence-electron chi connectivity index (χ4n) is 2.42. The Balaban J connectivity index is 1.57. The number of nitrogens with zero attached hydrogens (tertiary/aromatic N) is 1. The lowest BCUT2D eigenvalue weighted by molar-refractivity contribution is 0.174. The highest BCUT2D eigenvalue weighted by atomic mass is 16.7. The molecule has 0 amide bonds. The Kier molecular flexibility index (Phi) is 4.13. The molecule has 0 radical (unpaired) electrons. The van der Waals surface area contributed by atoms with E-state index >= 15 is 0 Å². The van der Waals surface area contributed by atoms with Gasteiger partial charge in [-0.3, -0.25) is 4.90 Å². The molecule has 0 fully saturated rings. The van der Waals surface area contributed by atoms with Gasteiger partial charge in [0.05, 0.1) is 12.3 Å². The van der Waals surface area contributed by atoms with Crippen LogP contribution in [0.2, 0.25) is 0 Å². The summed E-state index contributed by atoms with van der Waals surface area (Å²) >= 11 is 0. The van der Waals surface area contributed by atoms with E-state index in [9.17, 15) is 0 Å². The second-order valence-electron chi connectivity index (χ2n) is 5.31. The molecule has 112 valence electrons. The largest absolute Gasteiger partial charge is 0.468 e. The van der Waals surface area contributed by atoms with Crippen LogP contribution >= 0.6 is 0 Å². The first-order chi connectivity index (χ1) is 10.2. The molecular weight excluding hydrogens is 268 g/mol. The highest BCUT2D eigenvalue weighted by Crippen LogP contribution is 2.32. The number of nitrogens with one attached hydrogen (secondary N) is 1. The smallest absolute Gasteiger partial charge is 0.231 e. The van der Waals surface area contributed by atoms with Crippen LogP contribution in [0.1, 0.15) is 17.4 Å². The minimum Gasteiger partial charge on any atom is -0.468 e. The van der Waals surface area contributed by atoms with Crippen molar-refractivity contribution in [2.45, 2.75) is 12.6 Å². The van der Waals surface area contributed by atoms with Gasteiger partial charge in [-0.15, -0.1) is 0 Å². The van der Waals surface area contributed by atoms with Crippen LogP contribution in [0.3, 0.4) is 0 Å². The van der Waals surface area contributed by atoms with Crippen molar-refractivity contribution in [3.05, 3.63) is 47.9 Å². The van der Waals surface area contributed by atoms with Crippen molar-refractivity contribution in [3.8, 4) is 11.5 Å². The Morgan fingerprint density at radius 2 is 2.05 bits per heavy atom. The SMILES string of the molecule is CN(C)C(CNCc1ccc2c(c1)OCO2)c1ccco1. The van der Waals surface area contributed by atoms with Gasteiger partial charge in [-0.05, 0) is 43.9 Å².